The molecular weight excluding hydrogens is 130 g/mol. The zero-order valence-electron chi connectivity index (χ0n) is 6.37. The SMILES string of the molecule is C[C@@H]1[C@@H](C(=O)O)CCN1C. The first-order chi connectivity index (χ1) is 4.63. The molecule has 3 heteroatoms. The molecule has 0 spiro atoms. The molecule has 10 heavy (non-hydrogen) atoms. The van der Waals surface area contributed by atoms with Crippen molar-refractivity contribution >= 4 is 5.97 Å². The third kappa shape index (κ3) is 1.14. The van der Waals surface area contributed by atoms with Crippen molar-refractivity contribution in [1.82, 2.24) is 4.90 Å². The molecule has 0 amide bonds. The van der Waals surface area contributed by atoms with E-state index in [9.17, 15) is 4.79 Å². The molecule has 1 rings (SSSR count). The fraction of sp³-hybridized carbons (Fsp3) is 0.857. The Labute approximate surface area is 60.6 Å². The van der Waals surface area contributed by atoms with E-state index in [4.69, 9.17) is 5.11 Å². The van der Waals surface area contributed by atoms with E-state index < -0.39 is 5.97 Å². The highest BCUT2D eigenvalue weighted by Crippen LogP contribution is 2.21. The molecule has 1 N–H and O–H groups in total. The summed E-state index contributed by atoms with van der Waals surface area (Å²) >= 11 is 0. The summed E-state index contributed by atoms with van der Waals surface area (Å²) in [4.78, 5) is 12.6. The number of rotatable bonds is 1. The molecule has 1 aliphatic rings. The first kappa shape index (κ1) is 7.54. The fourth-order valence-corrected chi connectivity index (χ4v) is 1.42. The molecule has 1 saturated heterocycles. The third-order valence-corrected chi connectivity index (χ3v) is 2.39. The van der Waals surface area contributed by atoms with Crippen LogP contribution in [0, 0.1) is 5.92 Å². The largest absolute Gasteiger partial charge is 0.481 e. The number of carbonyl (C=O) groups is 1. The highest BCUT2D eigenvalue weighted by Gasteiger charge is 2.32. The Morgan fingerprint density at radius 1 is 1.70 bits per heavy atom. The van der Waals surface area contributed by atoms with Crippen LogP contribution in [0.4, 0.5) is 0 Å². The lowest BCUT2D eigenvalue weighted by atomic mass is 10.0. The van der Waals surface area contributed by atoms with Gasteiger partial charge in [-0.15, -0.1) is 0 Å². The predicted molar refractivity (Wildman–Crippen MR) is 37.8 cm³/mol. The summed E-state index contributed by atoms with van der Waals surface area (Å²) in [7, 11) is 1.97. The Kier molecular flexibility index (Phi) is 1.94. The summed E-state index contributed by atoms with van der Waals surface area (Å²) < 4.78 is 0. The van der Waals surface area contributed by atoms with Gasteiger partial charge in [0.05, 0.1) is 5.92 Å². The van der Waals surface area contributed by atoms with Gasteiger partial charge in [0.1, 0.15) is 0 Å². The molecule has 0 aromatic rings. The maximum atomic E-state index is 10.5. The number of hydrogen-bond donors (Lipinski definition) is 1. The molecule has 2 atom stereocenters. The van der Waals surface area contributed by atoms with Crippen molar-refractivity contribution in [1.29, 1.82) is 0 Å². The van der Waals surface area contributed by atoms with Crippen molar-refractivity contribution in [3.8, 4) is 0 Å². The first-order valence-corrected chi connectivity index (χ1v) is 3.56. The van der Waals surface area contributed by atoms with Crippen LogP contribution >= 0.6 is 0 Å². The van der Waals surface area contributed by atoms with E-state index in [2.05, 4.69) is 4.90 Å². The summed E-state index contributed by atoms with van der Waals surface area (Å²) in [6.07, 6.45) is 0.799. The Balaban J connectivity index is 2.57. The van der Waals surface area contributed by atoms with Crippen molar-refractivity contribution < 1.29 is 9.90 Å². The molecule has 0 unspecified atom stereocenters. The fourth-order valence-electron chi connectivity index (χ4n) is 1.42. The molecule has 3 nitrogen and oxygen atoms in total. The number of carboxylic acids is 1. The summed E-state index contributed by atoms with van der Waals surface area (Å²) in [6, 6.07) is 0.206. The Bertz CT molecular complexity index is 147. The van der Waals surface area contributed by atoms with E-state index in [1.807, 2.05) is 14.0 Å². The van der Waals surface area contributed by atoms with E-state index >= 15 is 0 Å². The number of carboxylic acid groups (broad SMARTS) is 1. The van der Waals surface area contributed by atoms with Gasteiger partial charge in [-0.2, -0.15) is 0 Å². The van der Waals surface area contributed by atoms with Crippen LogP contribution in [-0.4, -0.2) is 35.6 Å². The van der Waals surface area contributed by atoms with Crippen molar-refractivity contribution in [3.63, 3.8) is 0 Å². The molecule has 1 fully saturated rings. The summed E-state index contributed by atoms with van der Waals surface area (Å²) in [5.74, 6) is -0.804. The maximum absolute atomic E-state index is 10.5. The van der Waals surface area contributed by atoms with Crippen molar-refractivity contribution in [2.45, 2.75) is 19.4 Å². The summed E-state index contributed by atoms with van der Waals surface area (Å²) in [5.41, 5.74) is 0. The van der Waals surface area contributed by atoms with Crippen LogP contribution in [0.2, 0.25) is 0 Å². The maximum Gasteiger partial charge on any atom is 0.308 e. The standard InChI is InChI=1S/C7H13NO2/c1-5-6(7(9)10)3-4-8(5)2/h5-6H,3-4H2,1-2H3,(H,9,10)/t5-,6+/m1/s1. The minimum atomic E-state index is -0.656. The monoisotopic (exact) mass is 143 g/mol. The van der Waals surface area contributed by atoms with Crippen LogP contribution in [0.25, 0.3) is 0 Å². The summed E-state index contributed by atoms with van der Waals surface area (Å²) in [6.45, 7) is 2.88. The topological polar surface area (TPSA) is 40.5 Å². The average molecular weight is 143 g/mol. The third-order valence-electron chi connectivity index (χ3n) is 2.39. The van der Waals surface area contributed by atoms with Gasteiger partial charge >= 0.3 is 5.97 Å². The van der Waals surface area contributed by atoms with Gasteiger partial charge in [-0.05, 0) is 26.9 Å². The lowest BCUT2D eigenvalue weighted by Crippen LogP contribution is -2.29. The zero-order valence-corrected chi connectivity index (χ0v) is 6.37. The molecule has 0 aromatic carbocycles. The van der Waals surface area contributed by atoms with Crippen LogP contribution in [-0.2, 0) is 4.79 Å². The predicted octanol–water partition coefficient (Wildman–Crippen LogP) is 0.411. The average Bonchev–Trinajstić information content (AvgIpc) is 2.14. The van der Waals surface area contributed by atoms with Crippen LogP contribution < -0.4 is 0 Å². The van der Waals surface area contributed by atoms with Gasteiger partial charge in [-0.25, -0.2) is 0 Å². The molecule has 0 aliphatic carbocycles. The first-order valence-electron chi connectivity index (χ1n) is 3.56. The van der Waals surface area contributed by atoms with Crippen LogP contribution in [0.5, 0.6) is 0 Å². The Hall–Kier alpha value is -0.570. The normalized spacial score (nSPS) is 34.6. The number of likely N-dealkylation sites (tertiary alicyclic amines) is 1. The number of nitrogens with zero attached hydrogens (tertiary/aromatic N) is 1. The van der Waals surface area contributed by atoms with Crippen molar-refractivity contribution in [2.24, 2.45) is 5.92 Å². The van der Waals surface area contributed by atoms with E-state index in [1.54, 1.807) is 0 Å². The van der Waals surface area contributed by atoms with Gasteiger partial charge in [0, 0.05) is 6.04 Å². The molecule has 1 heterocycles. The van der Waals surface area contributed by atoms with Crippen LogP contribution in [0.15, 0.2) is 0 Å². The molecule has 0 aromatic heterocycles. The summed E-state index contributed by atoms with van der Waals surface area (Å²) in [5, 5.41) is 8.67. The highest BCUT2D eigenvalue weighted by molar-refractivity contribution is 5.71. The Morgan fingerprint density at radius 3 is 2.50 bits per heavy atom. The lowest BCUT2D eigenvalue weighted by Gasteiger charge is -2.16. The van der Waals surface area contributed by atoms with E-state index in [1.165, 1.54) is 0 Å². The van der Waals surface area contributed by atoms with Gasteiger partial charge in [0.25, 0.3) is 0 Å². The van der Waals surface area contributed by atoms with Crippen LogP contribution in [0.3, 0.4) is 0 Å². The van der Waals surface area contributed by atoms with Gasteiger partial charge < -0.3 is 10.0 Å². The van der Waals surface area contributed by atoms with Gasteiger partial charge in [0.15, 0.2) is 0 Å². The van der Waals surface area contributed by atoms with E-state index in [-0.39, 0.29) is 12.0 Å². The zero-order chi connectivity index (χ0) is 7.72. The second kappa shape index (κ2) is 2.58. The molecular formula is C7H13NO2. The second-order valence-electron chi connectivity index (χ2n) is 2.95. The lowest BCUT2D eigenvalue weighted by molar-refractivity contribution is -0.142. The molecule has 58 valence electrons. The molecule has 1 aliphatic heterocycles. The molecule has 0 radical (unpaired) electrons. The quantitative estimate of drug-likeness (QED) is 0.578. The minimum Gasteiger partial charge on any atom is -0.481 e. The van der Waals surface area contributed by atoms with Crippen molar-refractivity contribution in [3.05, 3.63) is 0 Å². The van der Waals surface area contributed by atoms with Crippen molar-refractivity contribution in [2.75, 3.05) is 13.6 Å². The Morgan fingerprint density at radius 2 is 2.30 bits per heavy atom. The second-order valence-corrected chi connectivity index (χ2v) is 2.95. The smallest absolute Gasteiger partial charge is 0.308 e. The van der Waals surface area contributed by atoms with Gasteiger partial charge in [-0.1, -0.05) is 0 Å². The van der Waals surface area contributed by atoms with Gasteiger partial charge in [-0.3, -0.25) is 4.79 Å². The highest BCUT2D eigenvalue weighted by atomic mass is 16.4. The van der Waals surface area contributed by atoms with E-state index in [0.29, 0.717) is 0 Å². The number of aliphatic carboxylic acids is 1. The molecule has 0 bridgehead atoms. The van der Waals surface area contributed by atoms with E-state index in [0.717, 1.165) is 13.0 Å². The molecule has 0 saturated carbocycles. The van der Waals surface area contributed by atoms with Crippen LogP contribution in [0.1, 0.15) is 13.3 Å². The number of hydrogen-bond acceptors (Lipinski definition) is 2. The van der Waals surface area contributed by atoms with Gasteiger partial charge in [0.2, 0.25) is 0 Å². The minimum absolute atomic E-state index is 0.148.